The molecular formula is C22H26N4O4S2. The maximum absolute atomic E-state index is 13.1. The first kappa shape index (κ1) is 22.5. The van der Waals surface area contributed by atoms with Crippen molar-refractivity contribution in [1.82, 2.24) is 19.8 Å². The van der Waals surface area contributed by atoms with E-state index in [1.807, 2.05) is 17.5 Å². The lowest BCUT2D eigenvalue weighted by Gasteiger charge is -2.23. The van der Waals surface area contributed by atoms with Crippen molar-refractivity contribution in [1.29, 1.82) is 0 Å². The number of rotatable bonds is 8. The summed E-state index contributed by atoms with van der Waals surface area (Å²) in [6.07, 6.45) is 5.29. The van der Waals surface area contributed by atoms with Crippen LogP contribution in [0.4, 0.5) is 0 Å². The van der Waals surface area contributed by atoms with Gasteiger partial charge in [0, 0.05) is 23.9 Å². The summed E-state index contributed by atoms with van der Waals surface area (Å²) in [5, 5.41) is 9.49. The highest BCUT2D eigenvalue weighted by molar-refractivity contribution is 7.17. The smallest absolute Gasteiger partial charge is 0.332 e. The van der Waals surface area contributed by atoms with E-state index >= 15 is 0 Å². The SMILES string of the molecule is O=C(CCn1c(=O)c2sccc2n(CC(=O)NC2CCCCC2)c1=O)NCc1cccs1. The third kappa shape index (κ3) is 5.18. The standard InChI is InChI=1S/C22H26N4O4S2/c27-18(23-13-16-7-4-11-31-16)8-10-25-21(29)20-17(9-12-32-20)26(22(25)30)14-19(28)24-15-5-2-1-3-6-15/h4,7,9,11-12,15H,1-3,5-6,8,10,13-14H2,(H,23,27)(H,24,28). The van der Waals surface area contributed by atoms with Crippen LogP contribution in [-0.4, -0.2) is 27.0 Å². The molecule has 1 saturated carbocycles. The summed E-state index contributed by atoms with van der Waals surface area (Å²) < 4.78 is 2.82. The predicted molar refractivity (Wildman–Crippen MR) is 126 cm³/mol. The maximum Gasteiger partial charge on any atom is 0.332 e. The van der Waals surface area contributed by atoms with Crippen molar-refractivity contribution >= 4 is 44.7 Å². The fraction of sp³-hybridized carbons (Fsp3) is 0.455. The topological polar surface area (TPSA) is 102 Å². The summed E-state index contributed by atoms with van der Waals surface area (Å²) in [7, 11) is 0. The second-order valence-electron chi connectivity index (χ2n) is 7.97. The highest BCUT2D eigenvalue weighted by Gasteiger charge is 2.20. The van der Waals surface area contributed by atoms with Crippen LogP contribution in [0.3, 0.4) is 0 Å². The average molecular weight is 475 g/mol. The summed E-state index contributed by atoms with van der Waals surface area (Å²) in [5.41, 5.74) is -0.525. The van der Waals surface area contributed by atoms with Gasteiger partial charge in [-0.1, -0.05) is 25.3 Å². The Hall–Kier alpha value is -2.72. The van der Waals surface area contributed by atoms with E-state index < -0.39 is 11.2 Å². The zero-order valence-corrected chi connectivity index (χ0v) is 19.3. The van der Waals surface area contributed by atoms with E-state index in [9.17, 15) is 19.2 Å². The quantitative estimate of drug-likeness (QED) is 0.523. The summed E-state index contributed by atoms with van der Waals surface area (Å²) in [6, 6.07) is 5.67. The zero-order valence-electron chi connectivity index (χ0n) is 17.7. The molecule has 0 aromatic carbocycles. The highest BCUT2D eigenvalue weighted by atomic mass is 32.1. The lowest BCUT2D eigenvalue weighted by Crippen LogP contribution is -2.44. The lowest BCUT2D eigenvalue weighted by molar-refractivity contribution is -0.123. The molecule has 10 heteroatoms. The van der Waals surface area contributed by atoms with Crippen molar-refractivity contribution in [2.24, 2.45) is 0 Å². The number of hydrogen-bond donors (Lipinski definition) is 2. The minimum absolute atomic E-state index is 0.00563. The Kier molecular flexibility index (Phi) is 7.21. The van der Waals surface area contributed by atoms with Crippen LogP contribution < -0.4 is 21.9 Å². The molecule has 0 unspecified atom stereocenters. The molecule has 2 N–H and O–H groups in total. The molecule has 2 amide bonds. The Morgan fingerprint density at radius 2 is 1.81 bits per heavy atom. The molecule has 0 radical (unpaired) electrons. The molecule has 3 heterocycles. The van der Waals surface area contributed by atoms with Gasteiger partial charge in [0.2, 0.25) is 11.8 Å². The Balaban J connectivity index is 1.48. The first-order valence-corrected chi connectivity index (χ1v) is 12.6. The Labute approximate surface area is 192 Å². The first-order valence-electron chi connectivity index (χ1n) is 10.8. The monoisotopic (exact) mass is 474 g/mol. The minimum atomic E-state index is -0.564. The Morgan fingerprint density at radius 3 is 2.56 bits per heavy atom. The van der Waals surface area contributed by atoms with Crippen molar-refractivity contribution in [3.63, 3.8) is 0 Å². The molecule has 8 nitrogen and oxygen atoms in total. The number of nitrogens with zero attached hydrogens (tertiary/aromatic N) is 2. The third-order valence-electron chi connectivity index (χ3n) is 5.71. The second kappa shape index (κ2) is 10.3. The van der Waals surface area contributed by atoms with Gasteiger partial charge in [-0.3, -0.25) is 23.5 Å². The van der Waals surface area contributed by atoms with E-state index in [0.29, 0.717) is 16.8 Å². The summed E-state index contributed by atoms with van der Waals surface area (Å²) in [6.45, 7) is 0.236. The van der Waals surface area contributed by atoms with Gasteiger partial charge in [-0.2, -0.15) is 0 Å². The molecule has 170 valence electrons. The van der Waals surface area contributed by atoms with Crippen LogP contribution in [0.2, 0.25) is 0 Å². The number of nitrogens with one attached hydrogen (secondary N) is 2. The normalized spacial score (nSPS) is 14.5. The molecule has 0 bridgehead atoms. The zero-order chi connectivity index (χ0) is 22.5. The molecule has 1 fully saturated rings. The van der Waals surface area contributed by atoms with Crippen LogP contribution in [0.25, 0.3) is 10.2 Å². The van der Waals surface area contributed by atoms with E-state index in [-0.39, 0.29) is 37.4 Å². The maximum atomic E-state index is 13.1. The van der Waals surface area contributed by atoms with E-state index in [0.717, 1.165) is 35.1 Å². The van der Waals surface area contributed by atoms with E-state index in [1.54, 1.807) is 22.8 Å². The van der Waals surface area contributed by atoms with Crippen LogP contribution in [-0.2, 0) is 29.2 Å². The summed E-state index contributed by atoms with van der Waals surface area (Å²) in [4.78, 5) is 51.9. The molecule has 32 heavy (non-hydrogen) atoms. The summed E-state index contributed by atoms with van der Waals surface area (Å²) in [5.74, 6) is -0.469. The summed E-state index contributed by atoms with van der Waals surface area (Å²) >= 11 is 2.78. The first-order chi connectivity index (χ1) is 15.5. The number of carbonyl (C=O) groups excluding carboxylic acids is 2. The lowest BCUT2D eigenvalue weighted by atomic mass is 9.95. The number of fused-ring (bicyclic) bond motifs is 1. The molecule has 0 atom stereocenters. The van der Waals surface area contributed by atoms with Crippen LogP contribution in [0, 0.1) is 0 Å². The Morgan fingerprint density at radius 1 is 1.00 bits per heavy atom. The number of aromatic nitrogens is 2. The van der Waals surface area contributed by atoms with Crippen LogP contribution in [0.1, 0.15) is 43.4 Å². The van der Waals surface area contributed by atoms with Gasteiger partial charge in [0.05, 0.1) is 12.1 Å². The molecule has 3 aromatic rings. The molecule has 1 aliphatic carbocycles. The fourth-order valence-electron chi connectivity index (χ4n) is 4.05. The van der Waals surface area contributed by atoms with Crippen molar-refractivity contribution in [3.8, 4) is 0 Å². The third-order valence-corrected chi connectivity index (χ3v) is 7.48. The molecule has 4 rings (SSSR count). The number of thiophene rings is 2. The van der Waals surface area contributed by atoms with Gasteiger partial charge in [-0.25, -0.2) is 4.79 Å². The highest BCUT2D eigenvalue weighted by Crippen LogP contribution is 2.18. The molecule has 0 aliphatic heterocycles. The van der Waals surface area contributed by atoms with E-state index in [2.05, 4.69) is 10.6 Å². The van der Waals surface area contributed by atoms with Gasteiger partial charge in [-0.15, -0.1) is 22.7 Å². The van der Waals surface area contributed by atoms with Gasteiger partial charge >= 0.3 is 5.69 Å². The van der Waals surface area contributed by atoms with Crippen LogP contribution in [0.15, 0.2) is 38.5 Å². The van der Waals surface area contributed by atoms with Crippen molar-refractivity contribution in [2.75, 3.05) is 0 Å². The fourth-order valence-corrected chi connectivity index (χ4v) is 5.54. The molecule has 0 spiro atoms. The molecule has 3 aromatic heterocycles. The van der Waals surface area contributed by atoms with Crippen LogP contribution in [0.5, 0.6) is 0 Å². The van der Waals surface area contributed by atoms with Gasteiger partial charge in [-0.05, 0) is 35.7 Å². The van der Waals surface area contributed by atoms with Crippen molar-refractivity contribution in [2.45, 2.75) is 64.2 Å². The second-order valence-corrected chi connectivity index (χ2v) is 9.92. The molecular weight excluding hydrogens is 448 g/mol. The minimum Gasteiger partial charge on any atom is -0.352 e. The van der Waals surface area contributed by atoms with E-state index in [4.69, 9.17) is 0 Å². The Bertz CT molecular complexity index is 1200. The van der Waals surface area contributed by atoms with Gasteiger partial charge in [0.1, 0.15) is 11.2 Å². The van der Waals surface area contributed by atoms with Gasteiger partial charge in [0.15, 0.2) is 0 Å². The molecule has 1 aliphatic rings. The van der Waals surface area contributed by atoms with Gasteiger partial charge < -0.3 is 10.6 Å². The largest absolute Gasteiger partial charge is 0.352 e. The van der Waals surface area contributed by atoms with Crippen LogP contribution >= 0.6 is 22.7 Å². The molecule has 0 saturated heterocycles. The number of hydrogen-bond acceptors (Lipinski definition) is 6. The van der Waals surface area contributed by atoms with Crippen molar-refractivity contribution < 1.29 is 9.59 Å². The average Bonchev–Trinajstić information content (AvgIpc) is 3.48. The number of carbonyl (C=O) groups is 2. The van der Waals surface area contributed by atoms with Crippen molar-refractivity contribution in [3.05, 3.63) is 54.7 Å². The number of amides is 2. The van der Waals surface area contributed by atoms with E-state index in [1.165, 1.54) is 22.3 Å². The predicted octanol–water partition coefficient (Wildman–Crippen LogP) is 2.44. The van der Waals surface area contributed by atoms with Gasteiger partial charge in [0.25, 0.3) is 5.56 Å².